The Balaban J connectivity index is 1.75. The van der Waals surface area contributed by atoms with Crippen LogP contribution in [0.1, 0.15) is 17.7 Å². The van der Waals surface area contributed by atoms with Gasteiger partial charge >= 0.3 is 5.97 Å². The molecule has 26 heavy (non-hydrogen) atoms. The van der Waals surface area contributed by atoms with Gasteiger partial charge in [0.2, 0.25) is 0 Å². The van der Waals surface area contributed by atoms with Crippen LogP contribution in [0.4, 0.5) is 8.78 Å². The normalized spacial score (nSPS) is 10.7. The van der Waals surface area contributed by atoms with E-state index in [4.69, 9.17) is 9.84 Å². The van der Waals surface area contributed by atoms with Crippen molar-refractivity contribution in [3.8, 4) is 11.4 Å². The number of rotatable bonds is 7. The molecular formula is C18H15F2N3O3. The lowest BCUT2D eigenvalue weighted by Crippen LogP contribution is -2.07. The molecule has 2 aromatic carbocycles. The van der Waals surface area contributed by atoms with Crippen LogP contribution in [0.3, 0.4) is 0 Å². The predicted octanol–water partition coefficient (Wildman–Crippen LogP) is 3.14. The molecule has 8 heteroatoms. The molecule has 0 amide bonds. The fraction of sp³-hybridized carbons (Fsp3) is 0.167. The number of benzene rings is 2. The highest BCUT2D eigenvalue weighted by molar-refractivity contribution is 5.67. The summed E-state index contributed by atoms with van der Waals surface area (Å²) in [5, 5.41) is 16.4. The summed E-state index contributed by atoms with van der Waals surface area (Å²) in [5.74, 6) is -3.33. The van der Waals surface area contributed by atoms with Crippen LogP contribution in [0.2, 0.25) is 0 Å². The van der Waals surface area contributed by atoms with Crippen molar-refractivity contribution in [2.75, 3.05) is 0 Å². The van der Waals surface area contributed by atoms with Crippen LogP contribution in [0.25, 0.3) is 5.69 Å². The Morgan fingerprint density at radius 3 is 2.50 bits per heavy atom. The number of hydrogen-bond acceptors (Lipinski definition) is 4. The topological polar surface area (TPSA) is 77.2 Å². The van der Waals surface area contributed by atoms with E-state index < -0.39 is 23.4 Å². The van der Waals surface area contributed by atoms with E-state index in [1.165, 1.54) is 10.9 Å². The third-order valence-corrected chi connectivity index (χ3v) is 3.67. The summed E-state index contributed by atoms with van der Waals surface area (Å²) in [6.07, 6.45) is 1.28. The number of carboxylic acids is 1. The molecule has 0 spiro atoms. The summed E-state index contributed by atoms with van der Waals surface area (Å²) in [6, 6.07) is 11.3. The summed E-state index contributed by atoms with van der Waals surface area (Å²) < 4.78 is 35.1. The average molecular weight is 359 g/mol. The van der Waals surface area contributed by atoms with Crippen molar-refractivity contribution in [2.24, 2.45) is 0 Å². The van der Waals surface area contributed by atoms with Gasteiger partial charge in [0.05, 0.1) is 11.9 Å². The molecule has 0 aliphatic heterocycles. The quantitative estimate of drug-likeness (QED) is 0.701. The number of nitrogens with zero attached hydrogens (tertiary/aromatic N) is 3. The van der Waals surface area contributed by atoms with E-state index in [9.17, 15) is 13.6 Å². The third-order valence-electron chi connectivity index (χ3n) is 3.67. The number of carboxylic acid groups (broad SMARTS) is 1. The molecule has 1 N–H and O–H groups in total. The number of ether oxygens (including phenoxy) is 1. The maximum Gasteiger partial charge on any atom is 0.303 e. The van der Waals surface area contributed by atoms with Crippen molar-refractivity contribution in [1.29, 1.82) is 0 Å². The summed E-state index contributed by atoms with van der Waals surface area (Å²) in [4.78, 5) is 10.6. The molecule has 1 aromatic heterocycles. The van der Waals surface area contributed by atoms with Gasteiger partial charge in [0.1, 0.15) is 12.3 Å². The van der Waals surface area contributed by atoms with Crippen LogP contribution < -0.4 is 4.74 Å². The fourth-order valence-electron chi connectivity index (χ4n) is 2.43. The van der Waals surface area contributed by atoms with Crippen molar-refractivity contribution in [3.63, 3.8) is 0 Å². The summed E-state index contributed by atoms with van der Waals surface area (Å²) in [5.41, 5.74) is 1.52. The van der Waals surface area contributed by atoms with Crippen molar-refractivity contribution < 1.29 is 23.4 Å². The molecule has 0 radical (unpaired) electrons. The van der Waals surface area contributed by atoms with Crippen LogP contribution in [0.15, 0.2) is 48.7 Å². The minimum Gasteiger partial charge on any atom is -0.481 e. The first-order valence-corrected chi connectivity index (χ1v) is 7.82. The van der Waals surface area contributed by atoms with E-state index in [0.29, 0.717) is 5.69 Å². The maximum absolute atomic E-state index is 14.1. The number of carbonyl (C=O) groups is 1. The molecule has 0 saturated carbocycles. The highest BCUT2D eigenvalue weighted by atomic mass is 19.1. The number of aliphatic carboxylic acids is 1. The van der Waals surface area contributed by atoms with Gasteiger partial charge in [-0.3, -0.25) is 4.79 Å². The number of halogens is 2. The average Bonchev–Trinajstić information content (AvgIpc) is 3.08. The maximum atomic E-state index is 14.1. The highest BCUT2D eigenvalue weighted by Crippen LogP contribution is 2.25. The zero-order valence-electron chi connectivity index (χ0n) is 13.6. The number of hydrogen-bond donors (Lipinski definition) is 1. The van der Waals surface area contributed by atoms with Crippen molar-refractivity contribution in [3.05, 3.63) is 71.6 Å². The van der Waals surface area contributed by atoms with Gasteiger partial charge in [0, 0.05) is 6.42 Å². The van der Waals surface area contributed by atoms with Gasteiger partial charge in [-0.2, -0.15) is 0 Å². The first-order chi connectivity index (χ1) is 12.5. The smallest absolute Gasteiger partial charge is 0.303 e. The lowest BCUT2D eigenvalue weighted by atomic mass is 10.1. The second kappa shape index (κ2) is 7.73. The van der Waals surface area contributed by atoms with E-state index in [-0.39, 0.29) is 25.0 Å². The monoisotopic (exact) mass is 359 g/mol. The molecule has 0 aliphatic rings. The Labute approximate surface area is 147 Å². The van der Waals surface area contributed by atoms with Crippen LogP contribution >= 0.6 is 0 Å². The van der Waals surface area contributed by atoms with Crippen molar-refractivity contribution in [2.45, 2.75) is 19.4 Å². The Morgan fingerprint density at radius 1 is 1.15 bits per heavy atom. The molecule has 0 bridgehead atoms. The SMILES string of the molecule is O=C(O)CCc1cc(F)c(OCc2cnnn2-c2ccccc2)c(F)c1. The molecule has 0 unspecified atom stereocenters. The molecule has 0 saturated heterocycles. The van der Waals surface area contributed by atoms with E-state index in [1.807, 2.05) is 30.3 Å². The van der Waals surface area contributed by atoms with Gasteiger partial charge in [0.25, 0.3) is 0 Å². The molecule has 1 heterocycles. The molecular weight excluding hydrogens is 344 g/mol. The zero-order chi connectivity index (χ0) is 18.5. The lowest BCUT2D eigenvalue weighted by molar-refractivity contribution is -0.136. The standard InChI is InChI=1S/C18H15F2N3O3/c19-15-8-12(6-7-17(24)25)9-16(20)18(15)26-11-14-10-21-22-23(14)13-4-2-1-3-5-13/h1-5,8-10H,6-7,11H2,(H,24,25). The summed E-state index contributed by atoms with van der Waals surface area (Å²) in [7, 11) is 0. The van der Waals surface area contributed by atoms with Crippen LogP contribution in [0.5, 0.6) is 5.75 Å². The number of aryl methyl sites for hydroxylation is 1. The first-order valence-electron chi connectivity index (χ1n) is 7.82. The Hall–Kier alpha value is -3.29. The van der Waals surface area contributed by atoms with Crippen LogP contribution in [-0.4, -0.2) is 26.1 Å². The predicted molar refractivity (Wildman–Crippen MR) is 88.0 cm³/mol. The van der Waals surface area contributed by atoms with Crippen LogP contribution in [0, 0.1) is 11.6 Å². The van der Waals surface area contributed by atoms with Crippen molar-refractivity contribution in [1.82, 2.24) is 15.0 Å². The molecule has 0 atom stereocenters. The minimum atomic E-state index is -1.03. The second-order valence-corrected chi connectivity index (χ2v) is 5.54. The van der Waals surface area contributed by atoms with Gasteiger partial charge in [-0.15, -0.1) is 5.10 Å². The van der Waals surface area contributed by atoms with Crippen LogP contribution in [-0.2, 0) is 17.8 Å². The molecule has 3 rings (SSSR count). The Kier molecular flexibility index (Phi) is 5.21. The second-order valence-electron chi connectivity index (χ2n) is 5.54. The Morgan fingerprint density at radius 2 is 1.85 bits per heavy atom. The molecule has 3 aromatic rings. The summed E-state index contributed by atoms with van der Waals surface area (Å²) in [6.45, 7) is -0.135. The molecule has 6 nitrogen and oxygen atoms in total. The molecule has 0 aliphatic carbocycles. The fourth-order valence-corrected chi connectivity index (χ4v) is 2.43. The van der Waals surface area contributed by atoms with Gasteiger partial charge < -0.3 is 9.84 Å². The summed E-state index contributed by atoms with van der Waals surface area (Å²) >= 11 is 0. The largest absolute Gasteiger partial charge is 0.481 e. The Bertz CT molecular complexity index is 890. The van der Waals surface area contributed by atoms with E-state index in [2.05, 4.69) is 10.3 Å². The van der Waals surface area contributed by atoms with E-state index >= 15 is 0 Å². The molecule has 0 fully saturated rings. The first kappa shape index (κ1) is 17.5. The van der Waals surface area contributed by atoms with Gasteiger partial charge in [-0.1, -0.05) is 23.4 Å². The highest BCUT2D eigenvalue weighted by Gasteiger charge is 2.15. The minimum absolute atomic E-state index is 0.0359. The zero-order valence-corrected chi connectivity index (χ0v) is 13.6. The van der Waals surface area contributed by atoms with Gasteiger partial charge in [0.15, 0.2) is 17.4 Å². The van der Waals surface area contributed by atoms with Crippen molar-refractivity contribution >= 4 is 5.97 Å². The van der Waals surface area contributed by atoms with E-state index in [0.717, 1.165) is 17.8 Å². The number of para-hydroxylation sites is 1. The van der Waals surface area contributed by atoms with Gasteiger partial charge in [-0.05, 0) is 36.2 Å². The lowest BCUT2D eigenvalue weighted by Gasteiger charge is -2.11. The molecule has 134 valence electrons. The third kappa shape index (κ3) is 4.02. The number of aromatic nitrogens is 3. The van der Waals surface area contributed by atoms with Gasteiger partial charge in [-0.25, -0.2) is 13.5 Å². The van der Waals surface area contributed by atoms with E-state index in [1.54, 1.807) is 0 Å².